The van der Waals surface area contributed by atoms with Crippen molar-refractivity contribution in [2.45, 2.75) is 57.9 Å². The topological polar surface area (TPSA) is 155 Å². The summed E-state index contributed by atoms with van der Waals surface area (Å²) < 4.78 is 29.0. The molecule has 0 amide bonds. The zero-order valence-electron chi connectivity index (χ0n) is 25.2. The molecule has 0 aliphatic heterocycles. The second-order valence-corrected chi connectivity index (χ2v) is 11.0. The molecule has 1 heterocycles. The molecule has 11 nitrogen and oxygen atoms in total. The van der Waals surface area contributed by atoms with E-state index in [1.54, 1.807) is 0 Å². The van der Waals surface area contributed by atoms with Crippen LogP contribution in [-0.2, 0) is 16.6 Å². The molecule has 1 unspecified atom stereocenters. The molecule has 41 heavy (non-hydrogen) atoms. The number of aromatic nitrogens is 1. The van der Waals surface area contributed by atoms with E-state index in [-0.39, 0.29) is 105 Å². The SMILES string of the molecule is [C-]#[N+]c1c(C)c(N=Nc2ccc(S(=O)(=O)Nc3ccc(C(=O)O)cc3)cc2)c(=O)n(CC(CC)CCCC)c1O.[H-].[H-].[Sr+2]. The van der Waals surface area contributed by atoms with Crippen LogP contribution in [0.2, 0.25) is 0 Å². The van der Waals surface area contributed by atoms with Crippen LogP contribution in [0.25, 0.3) is 4.85 Å². The van der Waals surface area contributed by atoms with Gasteiger partial charge in [-0.3, -0.25) is 14.1 Å². The summed E-state index contributed by atoms with van der Waals surface area (Å²) in [6.07, 6.45) is 3.69. The van der Waals surface area contributed by atoms with E-state index in [0.29, 0.717) is 0 Å². The van der Waals surface area contributed by atoms with Crippen molar-refractivity contribution < 1.29 is 26.3 Å². The van der Waals surface area contributed by atoms with E-state index in [1.807, 2.05) is 6.92 Å². The predicted molar refractivity (Wildman–Crippen MR) is 159 cm³/mol. The Morgan fingerprint density at radius 3 is 2.29 bits per heavy atom. The standard InChI is InChI=1S/C28H31N5O6S.Sr.2H/c1-5-7-8-19(6-2)17-33-26(34)24(29-4)18(3)25(27(33)35)31-30-21-13-15-23(16-14-21)40(38,39)32-22-11-9-20(10-12-22)28(36)37;;;/h9-16,19,32,34H,5-8,17H2,1-3H3,(H,36,37);;;/q;+2;2*-1. The molecule has 0 spiro atoms. The summed E-state index contributed by atoms with van der Waals surface area (Å²) in [7, 11) is -3.97. The van der Waals surface area contributed by atoms with Gasteiger partial charge in [-0.25, -0.2) is 18.1 Å². The second kappa shape index (κ2) is 15.3. The molecule has 13 heteroatoms. The number of anilines is 1. The van der Waals surface area contributed by atoms with Crippen LogP contribution >= 0.6 is 0 Å². The average molecular weight is 655 g/mol. The number of aromatic hydroxyl groups is 1. The minimum absolute atomic E-state index is 0. The molecule has 3 aromatic rings. The van der Waals surface area contributed by atoms with Crippen LogP contribution < -0.4 is 10.3 Å². The normalized spacial score (nSPS) is 12.0. The van der Waals surface area contributed by atoms with Crippen molar-refractivity contribution >= 4 is 84.2 Å². The van der Waals surface area contributed by atoms with Crippen LogP contribution in [-0.4, -0.2) is 74.6 Å². The van der Waals surface area contributed by atoms with E-state index < -0.39 is 21.6 Å². The number of sulfonamides is 1. The minimum Gasteiger partial charge on any atom is -1.00 e. The Morgan fingerprint density at radius 2 is 1.76 bits per heavy atom. The van der Waals surface area contributed by atoms with Crippen LogP contribution in [0.1, 0.15) is 58.3 Å². The quantitative estimate of drug-likeness (QED) is 0.117. The number of nitrogens with zero attached hydrogens (tertiary/aromatic N) is 4. The molecule has 0 saturated heterocycles. The van der Waals surface area contributed by atoms with Gasteiger partial charge in [-0.15, -0.1) is 5.11 Å². The number of unbranched alkanes of at least 4 members (excludes halogenated alkanes) is 1. The van der Waals surface area contributed by atoms with Crippen molar-refractivity contribution in [1.29, 1.82) is 0 Å². The zero-order chi connectivity index (χ0) is 29.4. The van der Waals surface area contributed by atoms with Gasteiger partial charge in [0.15, 0.2) is 5.88 Å². The number of carbonyl (C=O) groups is 1. The molecule has 1 atom stereocenters. The molecular weight excluding hydrogens is 622 g/mol. The molecule has 0 fully saturated rings. The fourth-order valence-electron chi connectivity index (χ4n) is 4.08. The van der Waals surface area contributed by atoms with E-state index >= 15 is 0 Å². The Bertz CT molecular complexity index is 1620. The Morgan fingerprint density at radius 1 is 1.12 bits per heavy atom. The molecule has 0 radical (unpaired) electrons. The van der Waals surface area contributed by atoms with E-state index in [1.165, 1.54) is 60.0 Å². The molecule has 214 valence electrons. The maximum atomic E-state index is 13.3. The third-order valence-electron chi connectivity index (χ3n) is 6.52. The summed E-state index contributed by atoms with van der Waals surface area (Å²) >= 11 is 0. The first-order valence-corrected chi connectivity index (χ1v) is 14.2. The molecule has 3 rings (SSSR count). The van der Waals surface area contributed by atoms with Gasteiger partial charge in [0, 0.05) is 12.2 Å². The number of aromatic carboxylic acids is 1. The first-order valence-electron chi connectivity index (χ1n) is 12.7. The van der Waals surface area contributed by atoms with Crippen LogP contribution in [0.15, 0.2) is 68.4 Å². The Hall–Kier alpha value is -3.02. The smallest absolute Gasteiger partial charge is 1.00 e. The molecule has 1 aromatic heterocycles. The monoisotopic (exact) mass is 655 g/mol. The van der Waals surface area contributed by atoms with Crippen LogP contribution in [0.4, 0.5) is 22.7 Å². The van der Waals surface area contributed by atoms with Gasteiger partial charge >= 0.3 is 51.5 Å². The summed E-state index contributed by atoms with van der Waals surface area (Å²) in [5.74, 6) is -1.36. The Kier molecular flexibility index (Phi) is 12.7. The maximum Gasteiger partial charge on any atom is 2.00 e. The molecular formula is C28H33N5O6SSr. The van der Waals surface area contributed by atoms with Crippen molar-refractivity contribution in [3.8, 4) is 5.88 Å². The number of pyridine rings is 1. The van der Waals surface area contributed by atoms with Crippen LogP contribution in [0.5, 0.6) is 5.88 Å². The summed E-state index contributed by atoms with van der Waals surface area (Å²) in [6.45, 7) is 13.4. The van der Waals surface area contributed by atoms with Gasteiger partial charge in [0.1, 0.15) is 5.69 Å². The second-order valence-electron chi connectivity index (χ2n) is 9.27. The van der Waals surface area contributed by atoms with Gasteiger partial charge in [-0.2, -0.15) is 5.11 Å². The number of benzene rings is 2. The summed E-state index contributed by atoms with van der Waals surface area (Å²) in [5, 5.41) is 27.8. The molecule has 0 aliphatic rings. The zero-order valence-corrected chi connectivity index (χ0v) is 27.5. The predicted octanol–water partition coefficient (Wildman–Crippen LogP) is 6.39. The van der Waals surface area contributed by atoms with Crippen molar-refractivity contribution in [3.05, 3.63) is 81.4 Å². The number of carboxylic acids is 1. The third kappa shape index (κ3) is 8.50. The molecule has 0 aliphatic carbocycles. The number of carboxylic acid groups (broad SMARTS) is 1. The number of nitrogens with one attached hydrogen (secondary N) is 1. The third-order valence-corrected chi connectivity index (χ3v) is 7.92. The fourth-order valence-corrected chi connectivity index (χ4v) is 5.14. The van der Waals surface area contributed by atoms with Crippen molar-refractivity contribution in [2.75, 3.05) is 4.72 Å². The van der Waals surface area contributed by atoms with Crippen LogP contribution in [0.3, 0.4) is 0 Å². The van der Waals surface area contributed by atoms with E-state index in [0.717, 1.165) is 25.7 Å². The maximum absolute atomic E-state index is 13.3. The Balaban J connectivity index is 0.00000588. The summed E-state index contributed by atoms with van der Waals surface area (Å²) in [5.41, 5.74) is -0.00109. The van der Waals surface area contributed by atoms with E-state index in [2.05, 4.69) is 26.7 Å². The molecule has 3 N–H and O–H groups in total. The summed E-state index contributed by atoms with van der Waals surface area (Å²) in [4.78, 5) is 27.6. The molecule has 0 bridgehead atoms. The fraction of sp³-hybridized carbons (Fsp3) is 0.321. The van der Waals surface area contributed by atoms with Gasteiger partial charge in [0.25, 0.3) is 15.6 Å². The van der Waals surface area contributed by atoms with Gasteiger partial charge < -0.3 is 13.1 Å². The number of hydrogen-bond donors (Lipinski definition) is 3. The van der Waals surface area contributed by atoms with Gasteiger partial charge in [0.2, 0.25) is 5.69 Å². The minimum atomic E-state index is -3.97. The Labute approximate surface area is 279 Å². The van der Waals surface area contributed by atoms with Crippen molar-refractivity contribution in [1.82, 2.24) is 4.57 Å². The number of rotatable bonds is 12. The molecule has 2 aromatic carbocycles. The number of hydrogen-bond acceptors (Lipinski definition) is 7. The van der Waals surface area contributed by atoms with E-state index in [9.17, 15) is 23.1 Å². The van der Waals surface area contributed by atoms with Gasteiger partial charge in [-0.1, -0.05) is 33.1 Å². The van der Waals surface area contributed by atoms with Gasteiger partial charge in [0.05, 0.1) is 22.7 Å². The van der Waals surface area contributed by atoms with Crippen molar-refractivity contribution in [2.24, 2.45) is 16.1 Å². The average Bonchev–Trinajstić information content (AvgIpc) is 2.93. The van der Waals surface area contributed by atoms with Crippen LogP contribution in [0, 0.1) is 19.4 Å². The first-order chi connectivity index (χ1) is 19.0. The largest absolute Gasteiger partial charge is 2.00 e. The van der Waals surface area contributed by atoms with Gasteiger partial charge in [-0.05, 0) is 73.4 Å². The first kappa shape index (κ1) is 34.2. The van der Waals surface area contributed by atoms with E-state index in [4.69, 9.17) is 11.7 Å². The summed E-state index contributed by atoms with van der Waals surface area (Å²) in [6, 6.07) is 10.7. The van der Waals surface area contributed by atoms with Crippen molar-refractivity contribution in [3.63, 3.8) is 0 Å². The molecule has 0 saturated carbocycles. The number of azo groups is 1.